The molecule has 2 aromatic carbocycles. The first-order chi connectivity index (χ1) is 14.9. The molecular weight excluding hydrogens is 436 g/mol. The van der Waals surface area contributed by atoms with Crippen LogP contribution in [0.5, 0.6) is 0 Å². The van der Waals surface area contributed by atoms with Crippen LogP contribution in [0.2, 0.25) is 0 Å². The van der Waals surface area contributed by atoms with Gasteiger partial charge in [0.25, 0.3) is 10.0 Å². The molecule has 0 aliphatic heterocycles. The third-order valence-electron chi connectivity index (χ3n) is 4.32. The van der Waals surface area contributed by atoms with Gasteiger partial charge in [-0.3, -0.25) is 4.79 Å². The van der Waals surface area contributed by atoms with E-state index in [4.69, 9.17) is 4.42 Å². The van der Waals surface area contributed by atoms with Crippen molar-refractivity contribution < 1.29 is 17.6 Å². The minimum absolute atomic E-state index is 0.0398. The summed E-state index contributed by atoms with van der Waals surface area (Å²) in [6, 6.07) is 17.1. The van der Waals surface area contributed by atoms with Crippen LogP contribution in [0.15, 0.2) is 87.7 Å². The Morgan fingerprint density at radius 2 is 1.81 bits per heavy atom. The molecule has 0 unspecified atom stereocenters. The number of benzene rings is 2. The molecule has 2 aromatic heterocycles. The third kappa shape index (κ3) is 4.54. The van der Waals surface area contributed by atoms with Gasteiger partial charge in [0.2, 0.25) is 11.1 Å². The molecule has 0 atom stereocenters. The van der Waals surface area contributed by atoms with Crippen molar-refractivity contribution >= 4 is 33.4 Å². The van der Waals surface area contributed by atoms with Crippen LogP contribution in [0.1, 0.15) is 5.56 Å². The Morgan fingerprint density at radius 1 is 1.06 bits per heavy atom. The maximum absolute atomic E-state index is 13.4. The second kappa shape index (κ2) is 8.78. The van der Waals surface area contributed by atoms with Gasteiger partial charge in [0.15, 0.2) is 5.82 Å². The Bertz CT molecular complexity index is 1280. The van der Waals surface area contributed by atoms with Crippen LogP contribution in [0.25, 0.3) is 11.4 Å². The van der Waals surface area contributed by atoms with E-state index in [0.29, 0.717) is 11.3 Å². The molecule has 1 N–H and O–H groups in total. The molecule has 0 aliphatic carbocycles. The van der Waals surface area contributed by atoms with E-state index in [1.165, 1.54) is 24.7 Å². The predicted octanol–water partition coefficient (Wildman–Crippen LogP) is 3.81. The van der Waals surface area contributed by atoms with Crippen molar-refractivity contribution in [1.29, 1.82) is 0 Å². The van der Waals surface area contributed by atoms with Crippen LogP contribution in [0.4, 0.5) is 5.69 Å². The number of hydrogen-bond donors (Lipinski definition) is 1. The Morgan fingerprint density at radius 3 is 2.48 bits per heavy atom. The molecule has 0 radical (unpaired) electrons. The lowest BCUT2D eigenvalue weighted by Gasteiger charge is -2.11. The SMILES string of the molecule is Cc1ccc(S(=O)(=O)n2c(SCC(=O)Nc3ccccc3)nnc2-c2ccoc2)cc1. The summed E-state index contributed by atoms with van der Waals surface area (Å²) in [4.78, 5) is 12.4. The van der Waals surface area contributed by atoms with Gasteiger partial charge in [-0.25, -0.2) is 8.42 Å². The molecule has 0 aliphatic rings. The molecule has 31 heavy (non-hydrogen) atoms. The Balaban J connectivity index is 1.65. The van der Waals surface area contributed by atoms with Gasteiger partial charge in [0, 0.05) is 5.69 Å². The van der Waals surface area contributed by atoms with Crippen molar-refractivity contribution in [3.8, 4) is 11.4 Å². The van der Waals surface area contributed by atoms with Gasteiger partial charge in [0.05, 0.1) is 22.5 Å². The van der Waals surface area contributed by atoms with E-state index in [-0.39, 0.29) is 27.5 Å². The highest BCUT2D eigenvalue weighted by molar-refractivity contribution is 8.00. The van der Waals surface area contributed by atoms with Crippen molar-refractivity contribution in [2.24, 2.45) is 0 Å². The van der Waals surface area contributed by atoms with Gasteiger partial charge in [-0.05, 0) is 37.3 Å². The lowest BCUT2D eigenvalue weighted by atomic mass is 10.2. The van der Waals surface area contributed by atoms with E-state index in [0.717, 1.165) is 21.3 Å². The van der Waals surface area contributed by atoms with E-state index in [1.54, 1.807) is 30.3 Å². The fourth-order valence-electron chi connectivity index (χ4n) is 2.80. The van der Waals surface area contributed by atoms with Gasteiger partial charge < -0.3 is 9.73 Å². The van der Waals surface area contributed by atoms with Gasteiger partial charge >= 0.3 is 0 Å². The topological polar surface area (TPSA) is 107 Å². The summed E-state index contributed by atoms with van der Waals surface area (Å²) in [5, 5.41) is 10.9. The van der Waals surface area contributed by atoms with Crippen LogP contribution >= 0.6 is 11.8 Å². The van der Waals surface area contributed by atoms with Gasteiger partial charge in [-0.1, -0.05) is 47.7 Å². The maximum atomic E-state index is 13.4. The summed E-state index contributed by atoms with van der Waals surface area (Å²) >= 11 is 0.985. The second-order valence-electron chi connectivity index (χ2n) is 6.60. The molecular formula is C21H18N4O4S2. The Kier molecular flexibility index (Phi) is 5.92. The lowest BCUT2D eigenvalue weighted by molar-refractivity contribution is -0.113. The highest BCUT2D eigenvalue weighted by Gasteiger charge is 2.27. The van der Waals surface area contributed by atoms with Crippen molar-refractivity contribution in [3.63, 3.8) is 0 Å². The summed E-state index contributed by atoms with van der Waals surface area (Å²) < 4.78 is 33.0. The highest BCUT2D eigenvalue weighted by atomic mass is 32.2. The number of rotatable bonds is 7. The van der Waals surface area contributed by atoms with E-state index >= 15 is 0 Å². The zero-order valence-corrected chi connectivity index (χ0v) is 18.1. The van der Waals surface area contributed by atoms with Crippen LogP contribution < -0.4 is 5.32 Å². The number of furan rings is 1. The van der Waals surface area contributed by atoms with Crippen LogP contribution in [0, 0.1) is 6.92 Å². The van der Waals surface area contributed by atoms with Crippen molar-refractivity contribution in [2.75, 3.05) is 11.1 Å². The van der Waals surface area contributed by atoms with E-state index in [1.807, 2.05) is 25.1 Å². The normalized spacial score (nSPS) is 11.4. The number of thioether (sulfide) groups is 1. The summed E-state index contributed by atoms with van der Waals surface area (Å²) in [6.07, 6.45) is 2.81. The predicted molar refractivity (Wildman–Crippen MR) is 117 cm³/mol. The van der Waals surface area contributed by atoms with Gasteiger partial charge in [0.1, 0.15) is 6.26 Å². The van der Waals surface area contributed by atoms with Crippen LogP contribution in [-0.4, -0.2) is 34.2 Å². The smallest absolute Gasteiger partial charge is 0.271 e. The number of carbonyl (C=O) groups is 1. The first kappa shape index (κ1) is 20.9. The summed E-state index contributed by atoms with van der Waals surface area (Å²) in [7, 11) is -4.01. The molecule has 8 nitrogen and oxygen atoms in total. The molecule has 0 saturated carbocycles. The number of carbonyl (C=O) groups excluding carboxylic acids is 1. The van der Waals surface area contributed by atoms with E-state index in [9.17, 15) is 13.2 Å². The molecule has 4 rings (SSSR count). The Labute approximate surface area is 183 Å². The fourth-order valence-corrected chi connectivity index (χ4v) is 5.19. The second-order valence-corrected chi connectivity index (χ2v) is 9.33. The molecule has 4 aromatic rings. The number of anilines is 1. The number of hydrogen-bond acceptors (Lipinski definition) is 7. The average molecular weight is 455 g/mol. The number of nitrogens with one attached hydrogen (secondary N) is 1. The first-order valence-electron chi connectivity index (χ1n) is 9.23. The highest BCUT2D eigenvalue weighted by Crippen LogP contribution is 2.29. The molecule has 2 heterocycles. The molecule has 0 saturated heterocycles. The number of amides is 1. The molecule has 1 amide bonds. The quantitative estimate of drug-likeness (QED) is 0.423. The average Bonchev–Trinajstić information content (AvgIpc) is 3.43. The maximum Gasteiger partial charge on any atom is 0.271 e. The monoisotopic (exact) mass is 454 g/mol. The third-order valence-corrected chi connectivity index (χ3v) is 7.06. The molecule has 0 bridgehead atoms. The van der Waals surface area contributed by atoms with Crippen molar-refractivity contribution in [3.05, 3.63) is 78.8 Å². The molecule has 10 heteroatoms. The lowest BCUT2D eigenvalue weighted by Crippen LogP contribution is -2.18. The molecule has 0 spiro atoms. The zero-order valence-electron chi connectivity index (χ0n) is 16.4. The summed E-state index contributed by atoms with van der Waals surface area (Å²) in [6.45, 7) is 1.87. The Hall–Kier alpha value is -3.37. The molecule has 158 valence electrons. The number of para-hydroxylation sites is 1. The number of aromatic nitrogens is 3. The van der Waals surface area contributed by atoms with Crippen LogP contribution in [0.3, 0.4) is 0 Å². The minimum Gasteiger partial charge on any atom is -0.472 e. The minimum atomic E-state index is -4.01. The van der Waals surface area contributed by atoms with Crippen LogP contribution in [-0.2, 0) is 14.8 Å². The first-order valence-corrected chi connectivity index (χ1v) is 11.7. The molecule has 0 fully saturated rings. The van der Waals surface area contributed by atoms with E-state index in [2.05, 4.69) is 15.5 Å². The number of aryl methyl sites for hydroxylation is 1. The van der Waals surface area contributed by atoms with Crippen molar-refractivity contribution in [1.82, 2.24) is 14.2 Å². The fraction of sp³-hybridized carbons (Fsp3) is 0.0952. The van der Waals surface area contributed by atoms with Gasteiger partial charge in [-0.15, -0.1) is 10.2 Å². The van der Waals surface area contributed by atoms with E-state index < -0.39 is 10.0 Å². The summed E-state index contributed by atoms with van der Waals surface area (Å²) in [5.41, 5.74) is 2.05. The number of nitrogens with zero attached hydrogens (tertiary/aromatic N) is 3. The summed E-state index contributed by atoms with van der Waals surface area (Å²) in [5.74, 6) is -0.217. The zero-order chi connectivity index (χ0) is 21.8. The van der Waals surface area contributed by atoms with Gasteiger partial charge in [-0.2, -0.15) is 3.97 Å². The largest absolute Gasteiger partial charge is 0.472 e. The standard InChI is InChI=1S/C21H18N4O4S2/c1-15-7-9-18(10-8-15)31(27,28)25-20(16-11-12-29-13-16)23-24-21(25)30-14-19(26)22-17-5-3-2-4-6-17/h2-13H,14H2,1H3,(H,22,26). The van der Waals surface area contributed by atoms with Crippen molar-refractivity contribution in [2.45, 2.75) is 17.0 Å².